The van der Waals surface area contributed by atoms with Crippen molar-refractivity contribution in [3.63, 3.8) is 0 Å². The predicted octanol–water partition coefficient (Wildman–Crippen LogP) is 3.57. The average Bonchev–Trinajstić information content (AvgIpc) is 2.99. The summed E-state index contributed by atoms with van der Waals surface area (Å²) in [7, 11) is 1.54. The summed E-state index contributed by atoms with van der Waals surface area (Å²) >= 11 is 0. The molecule has 0 aliphatic carbocycles. The number of methoxy groups -OCH3 is 1. The Morgan fingerprint density at radius 2 is 2.00 bits per heavy atom. The Labute approximate surface area is 134 Å². The van der Waals surface area contributed by atoms with Gasteiger partial charge in [-0.15, -0.1) is 0 Å². The van der Waals surface area contributed by atoms with E-state index in [1.165, 1.54) is 14.0 Å². The van der Waals surface area contributed by atoms with Crippen molar-refractivity contribution in [2.45, 2.75) is 33.6 Å². The van der Waals surface area contributed by atoms with Crippen LogP contribution in [0, 0.1) is 6.92 Å². The number of amides is 1. The second-order valence-corrected chi connectivity index (χ2v) is 5.59. The third kappa shape index (κ3) is 3.41. The maximum absolute atomic E-state index is 12.4. The molecule has 0 fully saturated rings. The molecule has 0 aliphatic heterocycles. The number of carbonyl (C=O) groups excluding carboxylic acids is 2. The van der Waals surface area contributed by atoms with Crippen molar-refractivity contribution in [3.05, 3.63) is 40.8 Å². The number of aromatic nitrogens is 1. The number of hydrogen-bond acceptors (Lipinski definition) is 5. The fraction of sp³-hybridized carbons (Fsp3) is 0.353. The highest BCUT2D eigenvalue weighted by molar-refractivity contribution is 6.09. The van der Waals surface area contributed by atoms with Crippen LogP contribution in [-0.4, -0.2) is 24.0 Å². The molecule has 1 aromatic heterocycles. The fourth-order valence-corrected chi connectivity index (χ4v) is 2.21. The number of ketones is 1. The molecule has 23 heavy (non-hydrogen) atoms. The largest absolute Gasteiger partial charge is 0.496 e. The van der Waals surface area contributed by atoms with Crippen LogP contribution in [0.15, 0.2) is 22.7 Å². The van der Waals surface area contributed by atoms with Gasteiger partial charge in [0.1, 0.15) is 11.5 Å². The number of Topliss-reactive ketones (excluding diaryl/α,β-unsaturated/α-hetero) is 1. The molecule has 6 heteroatoms. The predicted molar refractivity (Wildman–Crippen MR) is 86.3 cm³/mol. The molecule has 1 N–H and O–H groups in total. The summed E-state index contributed by atoms with van der Waals surface area (Å²) in [5, 5.41) is 6.52. The van der Waals surface area contributed by atoms with Crippen molar-refractivity contribution in [2.24, 2.45) is 0 Å². The Balaban J connectivity index is 2.37. The molecule has 0 spiro atoms. The zero-order valence-electron chi connectivity index (χ0n) is 13.9. The van der Waals surface area contributed by atoms with E-state index in [4.69, 9.17) is 9.26 Å². The Bertz CT molecular complexity index is 747. The quantitative estimate of drug-likeness (QED) is 0.853. The highest BCUT2D eigenvalue weighted by Crippen LogP contribution is 2.30. The fourth-order valence-electron chi connectivity index (χ4n) is 2.21. The third-order valence-electron chi connectivity index (χ3n) is 3.58. The van der Waals surface area contributed by atoms with Crippen LogP contribution in [0.25, 0.3) is 0 Å². The van der Waals surface area contributed by atoms with Gasteiger partial charge in [-0.25, -0.2) is 0 Å². The molecule has 6 nitrogen and oxygen atoms in total. The van der Waals surface area contributed by atoms with Crippen LogP contribution in [0.4, 0.5) is 5.69 Å². The number of benzene rings is 1. The maximum atomic E-state index is 12.4. The van der Waals surface area contributed by atoms with Gasteiger partial charge in [0.25, 0.3) is 5.91 Å². The van der Waals surface area contributed by atoms with Crippen molar-refractivity contribution < 1.29 is 18.8 Å². The molecule has 0 aliphatic rings. The van der Waals surface area contributed by atoms with E-state index in [0.29, 0.717) is 28.3 Å². The topological polar surface area (TPSA) is 81.4 Å². The first-order valence-electron chi connectivity index (χ1n) is 7.31. The average molecular weight is 316 g/mol. The van der Waals surface area contributed by atoms with Crippen LogP contribution in [-0.2, 0) is 0 Å². The summed E-state index contributed by atoms with van der Waals surface area (Å²) in [5.41, 5.74) is 1.70. The van der Waals surface area contributed by atoms with E-state index in [9.17, 15) is 9.59 Å². The molecular formula is C17H20N2O4. The lowest BCUT2D eigenvalue weighted by Gasteiger charge is -2.14. The zero-order valence-corrected chi connectivity index (χ0v) is 13.9. The minimum Gasteiger partial charge on any atom is -0.496 e. The molecule has 1 aromatic carbocycles. The number of nitrogens with one attached hydrogen (secondary N) is 1. The molecule has 0 radical (unpaired) electrons. The van der Waals surface area contributed by atoms with Crippen molar-refractivity contribution in [2.75, 3.05) is 12.4 Å². The van der Waals surface area contributed by atoms with Gasteiger partial charge < -0.3 is 14.6 Å². The van der Waals surface area contributed by atoms with Crippen LogP contribution in [0.5, 0.6) is 5.75 Å². The number of nitrogens with zero attached hydrogens (tertiary/aromatic N) is 1. The summed E-state index contributed by atoms with van der Waals surface area (Å²) in [6.45, 7) is 7.12. The maximum Gasteiger partial charge on any atom is 0.277 e. The molecule has 1 heterocycles. The highest BCUT2D eigenvalue weighted by atomic mass is 16.5. The van der Waals surface area contributed by atoms with Crippen LogP contribution in [0.1, 0.15) is 58.9 Å². The first kappa shape index (κ1) is 16.7. The summed E-state index contributed by atoms with van der Waals surface area (Å²) in [6.07, 6.45) is 0. The first-order valence-corrected chi connectivity index (χ1v) is 7.31. The number of anilines is 1. The van der Waals surface area contributed by atoms with Gasteiger partial charge >= 0.3 is 0 Å². The van der Waals surface area contributed by atoms with E-state index >= 15 is 0 Å². The Morgan fingerprint density at radius 3 is 2.52 bits per heavy atom. The standard InChI is InChI=1S/C17H20N2O4/c1-9(2)15-8-13(19-23-15)17(21)18-16-10(3)14(22-5)7-6-12(16)11(4)20/h6-9H,1-5H3,(H,18,21). The second kappa shape index (κ2) is 6.64. The van der Waals surface area contributed by atoms with Gasteiger partial charge in [0.05, 0.1) is 12.8 Å². The first-order chi connectivity index (χ1) is 10.8. The molecule has 0 bridgehead atoms. The van der Waals surface area contributed by atoms with Crippen molar-refractivity contribution in [1.82, 2.24) is 5.16 Å². The van der Waals surface area contributed by atoms with Crippen LogP contribution in [0.3, 0.4) is 0 Å². The highest BCUT2D eigenvalue weighted by Gasteiger charge is 2.19. The number of hydrogen-bond donors (Lipinski definition) is 1. The molecule has 0 atom stereocenters. The smallest absolute Gasteiger partial charge is 0.277 e. The second-order valence-electron chi connectivity index (χ2n) is 5.59. The zero-order chi connectivity index (χ0) is 17.1. The molecule has 2 aromatic rings. The molecule has 122 valence electrons. The van der Waals surface area contributed by atoms with Crippen LogP contribution in [0.2, 0.25) is 0 Å². The molecule has 2 rings (SSSR count). The lowest BCUT2D eigenvalue weighted by molar-refractivity contribution is 0.101. The van der Waals surface area contributed by atoms with Crippen molar-refractivity contribution in [3.8, 4) is 5.75 Å². The van der Waals surface area contributed by atoms with Gasteiger partial charge in [-0.05, 0) is 26.0 Å². The number of carbonyl (C=O) groups is 2. The minimum atomic E-state index is -0.431. The molecular weight excluding hydrogens is 296 g/mol. The monoisotopic (exact) mass is 316 g/mol. The Morgan fingerprint density at radius 1 is 1.30 bits per heavy atom. The molecule has 1 amide bonds. The lowest BCUT2D eigenvalue weighted by Crippen LogP contribution is -2.16. The van der Waals surface area contributed by atoms with E-state index in [0.717, 1.165) is 0 Å². The summed E-state index contributed by atoms with van der Waals surface area (Å²) in [6, 6.07) is 4.93. The number of rotatable bonds is 5. The van der Waals surface area contributed by atoms with Crippen molar-refractivity contribution >= 4 is 17.4 Å². The minimum absolute atomic E-state index is 0.135. The molecule has 0 saturated heterocycles. The van der Waals surface area contributed by atoms with E-state index < -0.39 is 5.91 Å². The number of ether oxygens (including phenoxy) is 1. The van der Waals surface area contributed by atoms with E-state index in [2.05, 4.69) is 10.5 Å². The Hall–Kier alpha value is -2.63. The summed E-state index contributed by atoms with van der Waals surface area (Å²) in [5.74, 6) is 0.779. The van der Waals surface area contributed by atoms with Gasteiger partial charge in [-0.3, -0.25) is 9.59 Å². The van der Waals surface area contributed by atoms with E-state index in [1.54, 1.807) is 25.1 Å². The third-order valence-corrected chi connectivity index (χ3v) is 3.58. The normalized spacial score (nSPS) is 10.7. The summed E-state index contributed by atoms with van der Waals surface area (Å²) in [4.78, 5) is 24.2. The van der Waals surface area contributed by atoms with Gasteiger partial charge in [-0.2, -0.15) is 0 Å². The van der Waals surface area contributed by atoms with Gasteiger partial charge in [-0.1, -0.05) is 19.0 Å². The SMILES string of the molecule is COc1ccc(C(C)=O)c(NC(=O)c2cc(C(C)C)on2)c1C. The van der Waals surface area contributed by atoms with Crippen LogP contribution >= 0.6 is 0 Å². The van der Waals surface area contributed by atoms with Gasteiger partial charge in [0.2, 0.25) is 0 Å². The lowest BCUT2D eigenvalue weighted by atomic mass is 10.0. The summed E-state index contributed by atoms with van der Waals surface area (Å²) < 4.78 is 10.4. The van der Waals surface area contributed by atoms with Gasteiger partial charge in [0, 0.05) is 23.1 Å². The van der Waals surface area contributed by atoms with E-state index in [1.807, 2.05) is 13.8 Å². The molecule has 0 unspecified atom stereocenters. The van der Waals surface area contributed by atoms with Gasteiger partial charge in [0.15, 0.2) is 11.5 Å². The Kier molecular flexibility index (Phi) is 4.83. The molecule has 0 saturated carbocycles. The van der Waals surface area contributed by atoms with E-state index in [-0.39, 0.29) is 17.4 Å². The van der Waals surface area contributed by atoms with Crippen molar-refractivity contribution in [1.29, 1.82) is 0 Å². The van der Waals surface area contributed by atoms with Crippen LogP contribution < -0.4 is 10.1 Å².